The van der Waals surface area contributed by atoms with Gasteiger partial charge >= 0.3 is 0 Å². The number of amides is 1. The SMILES string of the molecule is CN(C(=O)c1ccccc1SCc1cscn1)c1ccccc1. The van der Waals surface area contributed by atoms with E-state index >= 15 is 0 Å². The molecule has 0 unspecified atom stereocenters. The van der Waals surface area contributed by atoms with Crippen molar-refractivity contribution < 1.29 is 4.79 Å². The zero-order chi connectivity index (χ0) is 16.1. The zero-order valence-corrected chi connectivity index (χ0v) is 14.3. The van der Waals surface area contributed by atoms with Crippen molar-refractivity contribution in [2.75, 3.05) is 11.9 Å². The molecule has 1 heterocycles. The summed E-state index contributed by atoms with van der Waals surface area (Å²) in [5.41, 5.74) is 4.48. The molecule has 0 aliphatic carbocycles. The van der Waals surface area contributed by atoms with Crippen molar-refractivity contribution >= 4 is 34.7 Å². The summed E-state index contributed by atoms with van der Waals surface area (Å²) in [6, 6.07) is 17.4. The minimum atomic E-state index is -0.00224. The van der Waals surface area contributed by atoms with Gasteiger partial charge in [-0.2, -0.15) is 0 Å². The molecule has 2 aromatic carbocycles. The molecule has 0 N–H and O–H groups in total. The van der Waals surface area contributed by atoms with E-state index in [9.17, 15) is 4.79 Å². The Hall–Kier alpha value is -2.11. The first kappa shape index (κ1) is 15.8. The summed E-state index contributed by atoms with van der Waals surface area (Å²) in [5.74, 6) is 0.764. The Morgan fingerprint density at radius 1 is 1.13 bits per heavy atom. The van der Waals surface area contributed by atoms with Crippen LogP contribution < -0.4 is 4.90 Å². The summed E-state index contributed by atoms with van der Waals surface area (Å²) in [6.45, 7) is 0. The zero-order valence-electron chi connectivity index (χ0n) is 12.7. The van der Waals surface area contributed by atoms with Gasteiger partial charge in [-0.1, -0.05) is 30.3 Å². The quantitative estimate of drug-likeness (QED) is 0.631. The molecule has 116 valence electrons. The monoisotopic (exact) mass is 340 g/mol. The second kappa shape index (κ2) is 7.44. The molecule has 0 fully saturated rings. The van der Waals surface area contributed by atoms with E-state index in [1.54, 1.807) is 35.0 Å². The van der Waals surface area contributed by atoms with Crippen molar-refractivity contribution in [3.8, 4) is 0 Å². The number of para-hydroxylation sites is 1. The molecular formula is C18H16N2OS2. The fraction of sp³-hybridized carbons (Fsp3) is 0.111. The molecule has 0 saturated heterocycles. The van der Waals surface area contributed by atoms with Gasteiger partial charge in [0.15, 0.2) is 0 Å². The molecule has 0 spiro atoms. The summed E-state index contributed by atoms with van der Waals surface area (Å²) in [6.07, 6.45) is 0. The van der Waals surface area contributed by atoms with Gasteiger partial charge in [0.2, 0.25) is 0 Å². The maximum atomic E-state index is 12.8. The third kappa shape index (κ3) is 3.81. The summed E-state index contributed by atoms with van der Waals surface area (Å²) in [4.78, 5) is 19.8. The van der Waals surface area contributed by atoms with E-state index in [1.807, 2.05) is 65.5 Å². The smallest absolute Gasteiger partial charge is 0.259 e. The van der Waals surface area contributed by atoms with Crippen LogP contribution in [-0.4, -0.2) is 17.9 Å². The van der Waals surface area contributed by atoms with Gasteiger partial charge in [-0.05, 0) is 24.3 Å². The lowest BCUT2D eigenvalue weighted by Gasteiger charge is -2.19. The molecule has 1 aromatic heterocycles. The first-order valence-corrected chi connectivity index (χ1v) is 9.10. The van der Waals surface area contributed by atoms with E-state index in [-0.39, 0.29) is 5.91 Å². The first-order valence-electron chi connectivity index (χ1n) is 7.17. The summed E-state index contributed by atoms with van der Waals surface area (Å²) in [7, 11) is 1.81. The second-order valence-corrected chi connectivity index (χ2v) is 6.70. The van der Waals surface area contributed by atoms with Gasteiger partial charge in [0.05, 0.1) is 16.8 Å². The number of aromatic nitrogens is 1. The Morgan fingerprint density at radius 3 is 2.61 bits per heavy atom. The highest BCUT2D eigenvalue weighted by molar-refractivity contribution is 7.98. The van der Waals surface area contributed by atoms with Gasteiger partial charge in [-0.25, -0.2) is 4.98 Å². The van der Waals surface area contributed by atoms with Crippen molar-refractivity contribution in [1.82, 2.24) is 4.98 Å². The summed E-state index contributed by atoms with van der Waals surface area (Å²) in [5, 5.41) is 2.04. The molecule has 0 saturated carbocycles. The van der Waals surface area contributed by atoms with E-state index in [0.29, 0.717) is 0 Å². The standard InChI is InChI=1S/C18H16N2OS2/c1-20(15-7-3-2-4-8-15)18(21)16-9-5-6-10-17(16)23-12-14-11-22-13-19-14/h2-11,13H,12H2,1H3. The van der Waals surface area contributed by atoms with E-state index in [4.69, 9.17) is 0 Å². The highest BCUT2D eigenvalue weighted by Crippen LogP contribution is 2.28. The third-order valence-corrected chi connectivity index (χ3v) is 5.17. The normalized spacial score (nSPS) is 10.5. The number of nitrogens with zero attached hydrogens (tertiary/aromatic N) is 2. The fourth-order valence-corrected chi connectivity index (χ4v) is 3.79. The number of carbonyl (C=O) groups excluding carboxylic acids is 1. The van der Waals surface area contributed by atoms with Crippen LogP contribution in [0.1, 0.15) is 16.1 Å². The first-order chi connectivity index (χ1) is 11.3. The van der Waals surface area contributed by atoms with Gasteiger partial charge in [-0.15, -0.1) is 23.1 Å². The van der Waals surface area contributed by atoms with Gasteiger partial charge in [0, 0.05) is 28.8 Å². The predicted molar refractivity (Wildman–Crippen MR) is 97.3 cm³/mol. The van der Waals surface area contributed by atoms with E-state index in [2.05, 4.69) is 4.98 Å². The lowest BCUT2D eigenvalue weighted by atomic mass is 10.2. The Morgan fingerprint density at radius 2 is 1.87 bits per heavy atom. The van der Waals surface area contributed by atoms with E-state index in [0.717, 1.165) is 27.6 Å². The number of thiazole rings is 1. The van der Waals surface area contributed by atoms with Gasteiger partial charge < -0.3 is 4.90 Å². The highest BCUT2D eigenvalue weighted by atomic mass is 32.2. The van der Waals surface area contributed by atoms with Crippen LogP contribution in [-0.2, 0) is 5.75 Å². The van der Waals surface area contributed by atoms with Crippen LogP contribution in [0.3, 0.4) is 0 Å². The average Bonchev–Trinajstić information content (AvgIpc) is 3.13. The van der Waals surface area contributed by atoms with Crippen LogP contribution >= 0.6 is 23.1 Å². The van der Waals surface area contributed by atoms with E-state index < -0.39 is 0 Å². The van der Waals surface area contributed by atoms with Crippen molar-refractivity contribution in [2.45, 2.75) is 10.6 Å². The van der Waals surface area contributed by atoms with Crippen LogP contribution in [0.2, 0.25) is 0 Å². The summed E-state index contributed by atoms with van der Waals surface area (Å²) >= 11 is 3.23. The molecular weight excluding hydrogens is 324 g/mol. The number of hydrogen-bond acceptors (Lipinski definition) is 4. The molecule has 23 heavy (non-hydrogen) atoms. The predicted octanol–water partition coefficient (Wildman–Crippen LogP) is 4.71. The third-order valence-electron chi connectivity index (χ3n) is 3.42. The molecule has 3 aromatic rings. The lowest BCUT2D eigenvalue weighted by molar-refractivity contribution is 0.0990. The van der Waals surface area contributed by atoms with Gasteiger partial charge in [-0.3, -0.25) is 4.79 Å². The Kier molecular flexibility index (Phi) is 5.10. The Balaban J connectivity index is 1.80. The number of anilines is 1. The van der Waals surface area contributed by atoms with Crippen LogP contribution in [0, 0.1) is 0 Å². The Labute approximate surface area is 144 Å². The maximum Gasteiger partial charge on any atom is 0.259 e. The molecule has 0 radical (unpaired) electrons. The van der Waals surface area contributed by atoms with Crippen molar-refractivity contribution in [1.29, 1.82) is 0 Å². The molecule has 0 aliphatic rings. The highest BCUT2D eigenvalue weighted by Gasteiger charge is 2.17. The number of rotatable bonds is 5. The molecule has 5 heteroatoms. The van der Waals surface area contributed by atoms with Crippen LogP contribution in [0.25, 0.3) is 0 Å². The van der Waals surface area contributed by atoms with Crippen molar-refractivity contribution in [2.24, 2.45) is 0 Å². The minimum Gasteiger partial charge on any atom is -0.311 e. The van der Waals surface area contributed by atoms with Gasteiger partial charge in [0.1, 0.15) is 0 Å². The molecule has 0 bridgehead atoms. The number of carbonyl (C=O) groups is 1. The molecule has 3 nitrogen and oxygen atoms in total. The number of benzene rings is 2. The van der Waals surface area contributed by atoms with Crippen molar-refractivity contribution in [3.63, 3.8) is 0 Å². The average molecular weight is 340 g/mol. The molecule has 1 amide bonds. The summed E-state index contributed by atoms with van der Waals surface area (Å²) < 4.78 is 0. The topological polar surface area (TPSA) is 33.2 Å². The van der Waals surface area contributed by atoms with Crippen LogP contribution in [0.5, 0.6) is 0 Å². The maximum absolute atomic E-state index is 12.8. The molecule has 0 aliphatic heterocycles. The number of thioether (sulfide) groups is 1. The van der Waals surface area contributed by atoms with Crippen LogP contribution in [0.15, 0.2) is 70.4 Å². The van der Waals surface area contributed by atoms with Crippen LogP contribution in [0.4, 0.5) is 5.69 Å². The van der Waals surface area contributed by atoms with E-state index in [1.165, 1.54) is 0 Å². The fourth-order valence-electron chi connectivity index (χ4n) is 2.18. The number of hydrogen-bond donors (Lipinski definition) is 0. The lowest BCUT2D eigenvalue weighted by Crippen LogP contribution is -2.26. The van der Waals surface area contributed by atoms with Crippen molar-refractivity contribution in [3.05, 3.63) is 76.7 Å². The van der Waals surface area contributed by atoms with Gasteiger partial charge in [0.25, 0.3) is 5.91 Å². The largest absolute Gasteiger partial charge is 0.311 e. The minimum absolute atomic E-state index is 0.00224. The second-order valence-electron chi connectivity index (χ2n) is 4.96. The molecule has 3 rings (SSSR count). The molecule has 0 atom stereocenters. The Bertz CT molecular complexity index is 773.